The maximum atomic E-state index is 12.4. The van der Waals surface area contributed by atoms with Crippen LogP contribution >= 0.6 is 0 Å². The highest BCUT2D eigenvalue weighted by molar-refractivity contribution is 5.94. The van der Waals surface area contributed by atoms with Crippen LogP contribution in [0, 0.1) is 0 Å². The predicted octanol–water partition coefficient (Wildman–Crippen LogP) is 3.25. The minimum absolute atomic E-state index is 0.254. The molecule has 104 valence electrons. The predicted molar refractivity (Wildman–Crippen MR) is 80.8 cm³/mol. The lowest BCUT2D eigenvalue weighted by atomic mass is 10.0. The van der Waals surface area contributed by atoms with Crippen molar-refractivity contribution in [1.29, 1.82) is 0 Å². The largest absolute Gasteiger partial charge is 0.354 e. The smallest absolute Gasteiger partial charge is 0.227 e. The fourth-order valence-corrected chi connectivity index (χ4v) is 2.86. The second-order valence-electron chi connectivity index (χ2n) is 5.30. The van der Waals surface area contributed by atoms with Gasteiger partial charge in [0, 0.05) is 37.6 Å². The van der Waals surface area contributed by atoms with Gasteiger partial charge in [-0.05, 0) is 43.0 Å². The molecule has 0 saturated carbocycles. The van der Waals surface area contributed by atoms with E-state index in [0.29, 0.717) is 6.42 Å². The van der Waals surface area contributed by atoms with Crippen LogP contribution in [0.1, 0.15) is 24.8 Å². The molecule has 3 rings (SSSR count). The van der Waals surface area contributed by atoms with Crippen molar-refractivity contribution in [3.8, 4) is 0 Å². The number of aryl methyl sites for hydroxylation is 2. The Morgan fingerprint density at radius 3 is 2.75 bits per heavy atom. The van der Waals surface area contributed by atoms with E-state index in [-0.39, 0.29) is 5.91 Å². The number of fused-ring (bicyclic) bond motifs is 1. The number of benzene rings is 1. The van der Waals surface area contributed by atoms with Crippen LogP contribution in [-0.4, -0.2) is 17.0 Å². The average Bonchev–Trinajstić information content (AvgIpc) is 3.00. The van der Waals surface area contributed by atoms with Crippen molar-refractivity contribution in [2.45, 2.75) is 32.2 Å². The van der Waals surface area contributed by atoms with Crippen molar-refractivity contribution >= 4 is 11.6 Å². The molecule has 0 aliphatic carbocycles. The van der Waals surface area contributed by atoms with Gasteiger partial charge in [0.25, 0.3) is 0 Å². The number of rotatable bonds is 4. The van der Waals surface area contributed by atoms with Crippen molar-refractivity contribution in [1.82, 2.24) is 4.57 Å². The Balaban J connectivity index is 1.60. The van der Waals surface area contributed by atoms with Crippen molar-refractivity contribution in [2.24, 2.45) is 0 Å². The average molecular weight is 268 g/mol. The van der Waals surface area contributed by atoms with E-state index in [1.165, 1.54) is 5.56 Å². The number of amides is 1. The Hall–Kier alpha value is -2.03. The molecule has 1 aliphatic rings. The molecule has 1 aliphatic heterocycles. The third-order valence-corrected chi connectivity index (χ3v) is 3.88. The van der Waals surface area contributed by atoms with Gasteiger partial charge in [-0.25, -0.2) is 0 Å². The number of hydrogen-bond acceptors (Lipinski definition) is 1. The van der Waals surface area contributed by atoms with E-state index in [9.17, 15) is 4.79 Å². The molecular weight excluding hydrogens is 248 g/mol. The lowest BCUT2D eigenvalue weighted by Crippen LogP contribution is -2.35. The van der Waals surface area contributed by atoms with Crippen LogP contribution < -0.4 is 4.90 Å². The zero-order chi connectivity index (χ0) is 13.8. The summed E-state index contributed by atoms with van der Waals surface area (Å²) in [5.41, 5.74) is 2.42. The van der Waals surface area contributed by atoms with Gasteiger partial charge >= 0.3 is 0 Å². The molecule has 2 aromatic rings. The van der Waals surface area contributed by atoms with Gasteiger partial charge in [0.2, 0.25) is 5.91 Å². The molecule has 1 aromatic heterocycles. The monoisotopic (exact) mass is 268 g/mol. The minimum Gasteiger partial charge on any atom is -0.354 e. The minimum atomic E-state index is 0.254. The topological polar surface area (TPSA) is 25.2 Å². The van der Waals surface area contributed by atoms with Gasteiger partial charge in [-0.2, -0.15) is 0 Å². The Labute approximate surface area is 119 Å². The van der Waals surface area contributed by atoms with Crippen molar-refractivity contribution in [3.05, 3.63) is 54.4 Å². The molecule has 20 heavy (non-hydrogen) atoms. The van der Waals surface area contributed by atoms with Gasteiger partial charge in [0.05, 0.1) is 0 Å². The molecule has 1 amide bonds. The number of anilines is 1. The third-order valence-electron chi connectivity index (χ3n) is 3.88. The Morgan fingerprint density at radius 2 is 1.90 bits per heavy atom. The normalized spacial score (nSPS) is 14.1. The summed E-state index contributed by atoms with van der Waals surface area (Å²) in [6.45, 7) is 1.77. The molecule has 0 fully saturated rings. The Morgan fingerprint density at radius 1 is 1.10 bits per heavy atom. The van der Waals surface area contributed by atoms with E-state index < -0.39 is 0 Å². The molecule has 0 N–H and O–H groups in total. The first-order valence-electron chi connectivity index (χ1n) is 7.33. The lowest BCUT2D eigenvalue weighted by Gasteiger charge is -2.29. The highest BCUT2D eigenvalue weighted by Crippen LogP contribution is 2.27. The Kier molecular flexibility index (Phi) is 3.86. The zero-order valence-electron chi connectivity index (χ0n) is 11.7. The van der Waals surface area contributed by atoms with E-state index in [4.69, 9.17) is 0 Å². The van der Waals surface area contributed by atoms with E-state index in [0.717, 1.165) is 38.0 Å². The van der Waals surface area contributed by atoms with Gasteiger partial charge in [-0.15, -0.1) is 0 Å². The van der Waals surface area contributed by atoms with Crippen LogP contribution in [-0.2, 0) is 17.8 Å². The third kappa shape index (κ3) is 2.77. The number of aromatic nitrogens is 1. The fraction of sp³-hybridized carbons (Fsp3) is 0.353. The zero-order valence-corrected chi connectivity index (χ0v) is 11.7. The van der Waals surface area contributed by atoms with Crippen LogP contribution in [0.3, 0.4) is 0 Å². The van der Waals surface area contributed by atoms with E-state index in [2.05, 4.69) is 22.8 Å². The fourth-order valence-electron chi connectivity index (χ4n) is 2.86. The number of carbonyl (C=O) groups is 1. The van der Waals surface area contributed by atoms with E-state index in [1.54, 1.807) is 0 Å². The van der Waals surface area contributed by atoms with Crippen molar-refractivity contribution in [2.75, 3.05) is 11.4 Å². The highest BCUT2D eigenvalue weighted by atomic mass is 16.2. The Bertz CT molecular complexity index is 574. The number of nitrogens with zero attached hydrogens (tertiary/aromatic N) is 2. The molecule has 0 saturated heterocycles. The highest BCUT2D eigenvalue weighted by Gasteiger charge is 2.21. The summed E-state index contributed by atoms with van der Waals surface area (Å²) in [7, 11) is 0. The summed E-state index contributed by atoms with van der Waals surface area (Å²) >= 11 is 0. The van der Waals surface area contributed by atoms with Gasteiger partial charge in [-0.3, -0.25) is 4.79 Å². The summed E-state index contributed by atoms with van der Waals surface area (Å²) in [4.78, 5) is 14.4. The molecule has 2 heterocycles. The summed E-state index contributed by atoms with van der Waals surface area (Å²) in [6.07, 6.45) is 7.75. The van der Waals surface area contributed by atoms with Gasteiger partial charge < -0.3 is 9.47 Å². The first-order chi connectivity index (χ1) is 9.84. The molecule has 3 heteroatoms. The number of carbonyl (C=O) groups excluding carboxylic acids is 1. The van der Waals surface area contributed by atoms with Crippen LogP contribution in [0.2, 0.25) is 0 Å². The summed E-state index contributed by atoms with van der Waals surface area (Å²) in [5.74, 6) is 0.254. The van der Waals surface area contributed by atoms with Crippen LogP contribution in [0.4, 0.5) is 5.69 Å². The summed E-state index contributed by atoms with van der Waals surface area (Å²) in [5, 5.41) is 0. The first-order valence-corrected chi connectivity index (χ1v) is 7.33. The second kappa shape index (κ2) is 5.95. The van der Waals surface area contributed by atoms with Crippen molar-refractivity contribution in [3.63, 3.8) is 0 Å². The molecule has 3 nitrogen and oxygen atoms in total. The molecule has 0 atom stereocenters. The quantitative estimate of drug-likeness (QED) is 0.835. The van der Waals surface area contributed by atoms with Crippen molar-refractivity contribution < 1.29 is 4.79 Å². The molecular formula is C17H20N2O. The van der Waals surface area contributed by atoms with E-state index >= 15 is 0 Å². The lowest BCUT2D eigenvalue weighted by molar-refractivity contribution is -0.118. The van der Waals surface area contributed by atoms with Gasteiger partial charge in [-0.1, -0.05) is 18.2 Å². The SMILES string of the molecule is O=C(CCCn1cccc1)N1CCCc2ccccc21. The first kappa shape index (κ1) is 13.0. The number of para-hydroxylation sites is 1. The molecule has 1 aromatic carbocycles. The van der Waals surface area contributed by atoms with Gasteiger partial charge in [0.1, 0.15) is 0 Å². The van der Waals surface area contributed by atoms with E-state index in [1.807, 2.05) is 35.5 Å². The van der Waals surface area contributed by atoms with Crippen LogP contribution in [0.5, 0.6) is 0 Å². The van der Waals surface area contributed by atoms with Crippen LogP contribution in [0.25, 0.3) is 0 Å². The van der Waals surface area contributed by atoms with Crippen LogP contribution in [0.15, 0.2) is 48.8 Å². The molecule has 0 spiro atoms. The maximum absolute atomic E-state index is 12.4. The molecule has 0 radical (unpaired) electrons. The molecule has 0 unspecified atom stereocenters. The summed E-state index contributed by atoms with van der Waals surface area (Å²) < 4.78 is 2.12. The molecule has 0 bridgehead atoms. The summed E-state index contributed by atoms with van der Waals surface area (Å²) in [6, 6.07) is 12.3. The number of hydrogen-bond donors (Lipinski definition) is 0. The maximum Gasteiger partial charge on any atom is 0.227 e. The second-order valence-corrected chi connectivity index (χ2v) is 5.30. The van der Waals surface area contributed by atoms with Gasteiger partial charge in [0.15, 0.2) is 0 Å². The standard InChI is InChI=1S/C17H20N2O/c20-17(10-6-13-18-11-3-4-12-18)19-14-5-8-15-7-1-2-9-16(15)19/h1-4,7,9,11-12H,5-6,8,10,13-14H2.